The fourth-order valence-corrected chi connectivity index (χ4v) is 2.81. The molecule has 6 nitrogen and oxygen atoms in total. The molecule has 1 atom stereocenters. The van der Waals surface area contributed by atoms with Crippen molar-refractivity contribution in [3.8, 4) is 23.0 Å². The molecule has 0 heterocycles. The van der Waals surface area contributed by atoms with E-state index in [1.165, 1.54) is 0 Å². The van der Waals surface area contributed by atoms with Crippen LogP contribution in [0.15, 0.2) is 36.4 Å². The third-order valence-electron chi connectivity index (χ3n) is 4.37. The maximum absolute atomic E-state index is 12.3. The highest BCUT2D eigenvalue weighted by Gasteiger charge is 2.13. The first-order chi connectivity index (χ1) is 13.0. The van der Waals surface area contributed by atoms with Gasteiger partial charge in [0, 0.05) is 6.42 Å². The first kappa shape index (κ1) is 20.4. The second kappa shape index (κ2) is 9.71. The van der Waals surface area contributed by atoms with Crippen LogP contribution in [-0.4, -0.2) is 34.3 Å². The van der Waals surface area contributed by atoms with Gasteiger partial charge in [-0.2, -0.15) is 0 Å². The Morgan fingerprint density at radius 1 is 0.852 bits per heavy atom. The van der Waals surface area contributed by atoms with Crippen molar-refractivity contribution in [1.29, 1.82) is 0 Å². The van der Waals surface area contributed by atoms with E-state index in [2.05, 4.69) is 5.32 Å². The van der Waals surface area contributed by atoms with Gasteiger partial charge < -0.3 is 24.3 Å². The Morgan fingerprint density at radius 3 is 2.00 bits per heavy atom. The van der Waals surface area contributed by atoms with Crippen molar-refractivity contribution in [2.24, 2.45) is 0 Å². The van der Waals surface area contributed by atoms with Gasteiger partial charge in [-0.05, 0) is 48.7 Å². The fourth-order valence-electron chi connectivity index (χ4n) is 2.81. The summed E-state index contributed by atoms with van der Waals surface area (Å²) in [5.74, 6) is 2.61. The number of carbonyl (C=O) groups is 1. The van der Waals surface area contributed by atoms with Gasteiger partial charge in [-0.1, -0.05) is 12.1 Å². The maximum atomic E-state index is 12.3. The molecule has 0 aromatic heterocycles. The molecule has 1 N–H and O–H groups in total. The molecule has 2 aromatic carbocycles. The molecule has 2 rings (SSSR count). The Balaban J connectivity index is 1.95. The highest BCUT2D eigenvalue weighted by molar-refractivity contribution is 5.76. The van der Waals surface area contributed by atoms with Crippen LogP contribution in [0.4, 0.5) is 0 Å². The predicted molar refractivity (Wildman–Crippen MR) is 104 cm³/mol. The van der Waals surface area contributed by atoms with Crippen LogP contribution in [0.1, 0.15) is 30.5 Å². The number of rotatable bonds is 9. The molecule has 0 aliphatic heterocycles. The van der Waals surface area contributed by atoms with Gasteiger partial charge in [0.2, 0.25) is 5.91 Å². The summed E-state index contributed by atoms with van der Waals surface area (Å²) in [5, 5.41) is 3.02. The molecule has 0 spiro atoms. The lowest BCUT2D eigenvalue weighted by Crippen LogP contribution is -2.26. The van der Waals surface area contributed by atoms with E-state index in [0.29, 0.717) is 35.8 Å². The molecular weight excluding hydrogens is 346 g/mol. The Morgan fingerprint density at radius 2 is 1.41 bits per heavy atom. The van der Waals surface area contributed by atoms with Gasteiger partial charge in [0.25, 0.3) is 0 Å². The van der Waals surface area contributed by atoms with Gasteiger partial charge in [-0.25, -0.2) is 0 Å². The summed E-state index contributed by atoms with van der Waals surface area (Å²) >= 11 is 0. The number of benzene rings is 2. The van der Waals surface area contributed by atoms with Crippen molar-refractivity contribution >= 4 is 5.91 Å². The standard InChI is InChI=1S/C21H27NO5/c1-14(16-8-10-18(25-3)20(13-16)27-5)22-21(23)11-7-15-6-9-17(24-2)19(12-15)26-4/h6,8-10,12-14H,7,11H2,1-5H3,(H,22,23)/t14-/m0/s1. The number of hydrogen-bond donors (Lipinski definition) is 1. The van der Waals surface area contributed by atoms with Crippen LogP contribution in [0, 0.1) is 0 Å². The van der Waals surface area contributed by atoms with Gasteiger partial charge in [-0.15, -0.1) is 0 Å². The molecule has 0 aliphatic carbocycles. The minimum Gasteiger partial charge on any atom is -0.493 e. The number of methoxy groups -OCH3 is 4. The van der Waals surface area contributed by atoms with Crippen LogP contribution >= 0.6 is 0 Å². The first-order valence-electron chi connectivity index (χ1n) is 8.74. The van der Waals surface area contributed by atoms with Crippen molar-refractivity contribution in [3.05, 3.63) is 47.5 Å². The summed E-state index contributed by atoms with van der Waals surface area (Å²) < 4.78 is 21.1. The van der Waals surface area contributed by atoms with Gasteiger partial charge in [-0.3, -0.25) is 4.79 Å². The summed E-state index contributed by atoms with van der Waals surface area (Å²) in [6.45, 7) is 1.94. The average molecular weight is 373 g/mol. The summed E-state index contributed by atoms with van der Waals surface area (Å²) in [6.07, 6.45) is 0.998. The minimum atomic E-state index is -0.136. The number of hydrogen-bond acceptors (Lipinski definition) is 5. The van der Waals surface area contributed by atoms with Crippen LogP contribution in [0.5, 0.6) is 23.0 Å². The molecule has 27 heavy (non-hydrogen) atoms. The van der Waals surface area contributed by atoms with Crippen molar-refractivity contribution in [3.63, 3.8) is 0 Å². The Hall–Kier alpha value is -2.89. The second-order valence-corrected chi connectivity index (χ2v) is 6.09. The summed E-state index contributed by atoms with van der Waals surface area (Å²) in [6, 6.07) is 11.2. The van der Waals surface area contributed by atoms with Crippen LogP contribution in [0.2, 0.25) is 0 Å². The molecule has 2 aromatic rings. The number of nitrogens with one attached hydrogen (secondary N) is 1. The Kier molecular flexibility index (Phi) is 7.34. The normalized spacial score (nSPS) is 11.4. The minimum absolute atomic E-state index is 0.0212. The molecule has 0 bridgehead atoms. The molecule has 1 amide bonds. The predicted octanol–water partition coefficient (Wildman–Crippen LogP) is 3.53. The summed E-state index contributed by atoms with van der Waals surface area (Å²) in [7, 11) is 6.38. The zero-order valence-electron chi connectivity index (χ0n) is 16.5. The molecule has 0 aliphatic rings. The highest BCUT2D eigenvalue weighted by Crippen LogP contribution is 2.30. The van der Waals surface area contributed by atoms with E-state index in [1.807, 2.05) is 43.3 Å². The third-order valence-corrected chi connectivity index (χ3v) is 4.37. The van der Waals surface area contributed by atoms with Crippen LogP contribution in [0.3, 0.4) is 0 Å². The van der Waals surface area contributed by atoms with E-state index in [-0.39, 0.29) is 11.9 Å². The molecular formula is C21H27NO5. The fraction of sp³-hybridized carbons (Fsp3) is 0.381. The highest BCUT2D eigenvalue weighted by atomic mass is 16.5. The van der Waals surface area contributed by atoms with Crippen molar-refractivity contribution < 1.29 is 23.7 Å². The number of carbonyl (C=O) groups excluding carboxylic acids is 1. The number of aryl methyl sites for hydroxylation is 1. The van der Waals surface area contributed by atoms with Crippen LogP contribution in [-0.2, 0) is 11.2 Å². The van der Waals surface area contributed by atoms with Crippen molar-refractivity contribution in [2.45, 2.75) is 25.8 Å². The zero-order chi connectivity index (χ0) is 19.8. The number of amides is 1. The van der Waals surface area contributed by atoms with Crippen LogP contribution in [0.25, 0.3) is 0 Å². The molecule has 146 valence electrons. The molecule has 0 saturated carbocycles. The maximum Gasteiger partial charge on any atom is 0.220 e. The molecule has 6 heteroatoms. The lowest BCUT2D eigenvalue weighted by atomic mass is 10.1. The van der Waals surface area contributed by atoms with E-state index < -0.39 is 0 Å². The quantitative estimate of drug-likeness (QED) is 0.728. The van der Waals surface area contributed by atoms with E-state index in [4.69, 9.17) is 18.9 Å². The SMILES string of the molecule is COc1ccc(CCC(=O)N[C@@H](C)c2ccc(OC)c(OC)c2)cc1OC. The molecule has 0 unspecified atom stereocenters. The van der Waals surface area contributed by atoms with Crippen LogP contribution < -0.4 is 24.3 Å². The molecule has 0 fully saturated rings. The van der Waals surface area contributed by atoms with Gasteiger partial charge in [0.15, 0.2) is 23.0 Å². The third kappa shape index (κ3) is 5.29. The van der Waals surface area contributed by atoms with E-state index in [0.717, 1.165) is 11.1 Å². The average Bonchev–Trinajstić information content (AvgIpc) is 2.71. The van der Waals surface area contributed by atoms with Crippen molar-refractivity contribution in [1.82, 2.24) is 5.32 Å². The van der Waals surface area contributed by atoms with E-state index >= 15 is 0 Å². The Labute approximate surface area is 160 Å². The Bertz CT molecular complexity index is 775. The molecule has 0 radical (unpaired) electrons. The van der Waals surface area contributed by atoms with Crippen molar-refractivity contribution in [2.75, 3.05) is 28.4 Å². The number of ether oxygens (including phenoxy) is 4. The van der Waals surface area contributed by atoms with E-state index in [9.17, 15) is 4.79 Å². The van der Waals surface area contributed by atoms with E-state index in [1.54, 1.807) is 28.4 Å². The smallest absolute Gasteiger partial charge is 0.220 e. The monoisotopic (exact) mass is 373 g/mol. The largest absolute Gasteiger partial charge is 0.493 e. The molecule has 0 saturated heterocycles. The second-order valence-electron chi connectivity index (χ2n) is 6.09. The topological polar surface area (TPSA) is 66.0 Å². The lowest BCUT2D eigenvalue weighted by molar-refractivity contribution is -0.121. The zero-order valence-corrected chi connectivity index (χ0v) is 16.5. The van der Waals surface area contributed by atoms with Gasteiger partial charge >= 0.3 is 0 Å². The summed E-state index contributed by atoms with van der Waals surface area (Å²) in [4.78, 5) is 12.3. The first-order valence-corrected chi connectivity index (χ1v) is 8.74. The van der Waals surface area contributed by atoms with Gasteiger partial charge in [0.05, 0.1) is 34.5 Å². The summed E-state index contributed by atoms with van der Waals surface area (Å²) in [5.41, 5.74) is 1.97. The van der Waals surface area contributed by atoms with Gasteiger partial charge in [0.1, 0.15) is 0 Å². The lowest BCUT2D eigenvalue weighted by Gasteiger charge is -2.17.